The molecule has 0 heterocycles. The summed E-state index contributed by atoms with van der Waals surface area (Å²) in [5.74, 6) is 0. The van der Waals surface area contributed by atoms with Gasteiger partial charge in [0.05, 0.1) is 6.04 Å². The minimum Gasteiger partial charge on any atom is -0.352 e. The van der Waals surface area contributed by atoms with Crippen molar-refractivity contribution in [3.8, 4) is 0 Å². The van der Waals surface area contributed by atoms with Crippen LogP contribution in [-0.4, -0.2) is 13.2 Å². The van der Waals surface area contributed by atoms with Crippen molar-refractivity contribution in [2.45, 2.75) is 50.8 Å². The largest absolute Gasteiger partial charge is 0.352 e. The van der Waals surface area contributed by atoms with Crippen molar-refractivity contribution in [3.63, 3.8) is 0 Å². The standard InChI is InChI=1S/C15H21BrN2O/c1-15(19-2,13-10-6-7-11-14(13)16)18-17-12-8-4-3-5-9-12/h6-7,10-12H,3-5,8-9H2,1-2H3. The van der Waals surface area contributed by atoms with Gasteiger partial charge >= 0.3 is 0 Å². The number of methoxy groups -OCH3 is 1. The van der Waals surface area contributed by atoms with E-state index < -0.39 is 5.72 Å². The van der Waals surface area contributed by atoms with E-state index in [0.717, 1.165) is 22.9 Å². The third kappa shape index (κ3) is 3.63. The molecule has 0 spiro atoms. The van der Waals surface area contributed by atoms with Crippen molar-refractivity contribution in [2.24, 2.45) is 10.2 Å². The van der Waals surface area contributed by atoms with Crippen LogP contribution in [0.1, 0.15) is 44.6 Å². The van der Waals surface area contributed by atoms with Gasteiger partial charge in [-0.1, -0.05) is 53.4 Å². The molecule has 1 aliphatic rings. The third-order valence-electron chi connectivity index (χ3n) is 3.76. The Labute approximate surface area is 123 Å². The van der Waals surface area contributed by atoms with E-state index in [1.807, 2.05) is 31.2 Å². The quantitative estimate of drug-likeness (QED) is 0.713. The predicted molar refractivity (Wildman–Crippen MR) is 80.2 cm³/mol. The molecular formula is C15H21BrN2O. The second-order valence-corrected chi connectivity index (χ2v) is 6.03. The fourth-order valence-corrected chi connectivity index (χ4v) is 3.08. The summed E-state index contributed by atoms with van der Waals surface area (Å²) < 4.78 is 6.61. The highest BCUT2D eigenvalue weighted by Crippen LogP contribution is 2.33. The van der Waals surface area contributed by atoms with E-state index in [0.29, 0.717) is 6.04 Å². The zero-order chi connectivity index (χ0) is 13.7. The summed E-state index contributed by atoms with van der Waals surface area (Å²) in [6.45, 7) is 1.96. The van der Waals surface area contributed by atoms with Gasteiger partial charge in [0.1, 0.15) is 0 Å². The molecule has 104 valence electrons. The van der Waals surface area contributed by atoms with Crippen LogP contribution in [0.25, 0.3) is 0 Å². The number of hydrogen-bond donors (Lipinski definition) is 0. The highest BCUT2D eigenvalue weighted by molar-refractivity contribution is 9.10. The zero-order valence-electron chi connectivity index (χ0n) is 11.6. The smallest absolute Gasteiger partial charge is 0.202 e. The Kier molecular flexibility index (Phi) is 5.11. The molecule has 0 bridgehead atoms. The Hall–Kier alpha value is -0.740. The maximum Gasteiger partial charge on any atom is 0.202 e. The van der Waals surface area contributed by atoms with Crippen LogP contribution in [0.5, 0.6) is 0 Å². The number of hydrogen-bond acceptors (Lipinski definition) is 3. The SMILES string of the molecule is COC(C)(N=NC1CCCCC1)c1ccccc1Br. The molecule has 0 amide bonds. The van der Waals surface area contributed by atoms with Crippen molar-refractivity contribution in [3.05, 3.63) is 34.3 Å². The lowest BCUT2D eigenvalue weighted by Gasteiger charge is -2.25. The molecule has 0 N–H and O–H groups in total. The predicted octanol–water partition coefficient (Wildman–Crippen LogP) is 5.05. The first-order valence-electron chi connectivity index (χ1n) is 6.88. The number of nitrogens with zero attached hydrogens (tertiary/aromatic N) is 2. The molecule has 0 aromatic heterocycles. The summed E-state index contributed by atoms with van der Waals surface area (Å²) in [5, 5.41) is 9.02. The summed E-state index contributed by atoms with van der Waals surface area (Å²) in [6.07, 6.45) is 6.17. The highest BCUT2D eigenvalue weighted by atomic mass is 79.9. The second kappa shape index (κ2) is 6.62. The van der Waals surface area contributed by atoms with Gasteiger partial charge in [-0.25, -0.2) is 0 Å². The molecule has 2 rings (SSSR count). The van der Waals surface area contributed by atoms with Gasteiger partial charge in [-0.2, -0.15) is 10.2 Å². The summed E-state index contributed by atoms with van der Waals surface area (Å²) in [7, 11) is 1.68. The van der Waals surface area contributed by atoms with Gasteiger partial charge in [0.2, 0.25) is 5.72 Å². The number of halogens is 1. The van der Waals surface area contributed by atoms with Gasteiger partial charge in [-0.15, -0.1) is 0 Å². The average molecular weight is 325 g/mol. The molecule has 1 fully saturated rings. The Morgan fingerprint density at radius 3 is 2.53 bits per heavy atom. The first-order chi connectivity index (χ1) is 9.15. The molecule has 19 heavy (non-hydrogen) atoms. The van der Waals surface area contributed by atoms with E-state index in [4.69, 9.17) is 4.74 Å². The van der Waals surface area contributed by atoms with E-state index in [-0.39, 0.29) is 0 Å². The van der Waals surface area contributed by atoms with Crippen molar-refractivity contribution in [2.75, 3.05) is 7.11 Å². The first kappa shape index (κ1) is 14.7. The lowest BCUT2D eigenvalue weighted by atomic mass is 9.96. The Bertz CT molecular complexity index is 444. The van der Waals surface area contributed by atoms with E-state index in [2.05, 4.69) is 26.2 Å². The first-order valence-corrected chi connectivity index (χ1v) is 7.67. The summed E-state index contributed by atoms with van der Waals surface area (Å²) in [5.41, 5.74) is 0.300. The lowest BCUT2D eigenvalue weighted by Crippen LogP contribution is -2.22. The van der Waals surface area contributed by atoms with Crippen LogP contribution in [-0.2, 0) is 10.5 Å². The van der Waals surface area contributed by atoms with Crippen LogP contribution < -0.4 is 0 Å². The topological polar surface area (TPSA) is 34.0 Å². The molecule has 1 aliphatic carbocycles. The van der Waals surface area contributed by atoms with Gasteiger partial charge in [0.25, 0.3) is 0 Å². The molecule has 1 unspecified atom stereocenters. The number of rotatable bonds is 4. The van der Waals surface area contributed by atoms with Gasteiger partial charge in [-0.3, -0.25) is 0 Å². The van der Waals surface area contributed by atoms with Crippen LogP contribution in [0.2, 0.25) is 0 Å². The van der Waals surface area contributed by atoms with Gasteiger partial charge in [0.15, 0.2) is 0 Å². The molecular weight excluding hydrogens is 304 g/mol. The normalized spacial score (nSPS) is 20.6. The van der Waals surface area contributed by atoms with E-state index in [1.54, 1.807) is 7.11 Å². The summed E-state index contributed by atoms with van der Waals surface area (Å²) in [4.78, 5) is 0. The molecule has 1 aromatic rings. The molecule has 3 nitrogen and oxygen atoms in total. The van der Waals surface area contributed by atoms with E-state index in [1.165, 1.54) is 19.3 Å². The van der Waals surface area contributed by atoms with Crippen molar-refractivity contribution < 1.29 is 4.74 Å². The maximum atomic E-state index is 5.61. The Morgan fingerprint density at radius 1 is 1.21 bits per heavy atom. The third-order valence-corrected chi connectivity index (χ3v) is 4.45. The van der Waals surface area contributed by atoms with Crippen molar-refractivity contribution in [1.82, 2.24) is 0 Å². The molecule has 1 aromatic carbocycles. The van der Waals surface area contributed by atoms with Crippen LogP contribution in [0.4, 0.5) is 0 Å². The minimum atomic E-state index is -0.711. The Balaban J connectivity index is 2.17. The molecule has 4 heteroatoms. The number of benzene rings is 1. The molecule has 0 radical (unpaired) electrons. The lowest BCUT2D eigenvalue weighted by molar-refractivity contribution is 0.00113. The highest BCUT2D eigenvalue weighted by Gasteiger charge is 2.28. The average Bonchev–Trinajstić information content (AvgIpc) is 2.46. The Morgan fingerprint density at radius 2 is 1.89 bits per heavy atom. The number of azo groups is 1. The molecule has 1 saturated carbocycles. The zero-order valence-corrected chi connectivity index (χ0v) is 13.2. The number of ether oxygens (including phenoxy) is 1. The fraction of sp³-hybridized carbons (Fsp3) is 0.600. The van der Waals surface area contributed by atoms with Gasteiger partial charge in [-0.05, 0) is 25.8 Å². The van der Waals surface area contributed by atoms with E-state index >= 15 is 0 Å². The molecule has 0 saturated heterocycles. The van der Waals surface area contributed by atoms with E-state index in [9.17, 15) is 0 Å². The maximum absolute atomic E-state index is 5.61. The van der Waals surface area contributed by atoms with Gasteiger partial charge < -0.3 is 4.74 Å². The fourth-order valence-electron chi connectivity index (χ4n) is 2.43. The molecule has 1 atom stereocenters. The van der Waals surface area contributed by atoms with Gasteiger partial charge in [0, 0.05) is 17.1 Å². The van der Waals surface area contributed by atoms with Crippen LogP contribution in [0.15, 0.2) is 39.0 Å². The van der Waals surface area contributed by atoms with Crippen molar-refractivity contribution >= 4 is 15.9 Å². The van der Waals surface area contributed by atoms with Crippen LogP contribution in [0, 0.1) is 0 Å². The van der Waals surface area contributed by atoms with Crippen LogP contribution in [0.3, 0.4) is 0 Å². The summed E-state index contributed by atoms with van der Waals surface area (Å²) in [6, 6.07) is 8.37. The minimum absolute atomic E-state index is 0.366. The van der Waals surface area contributed by atoms with Crippen LogP contribution >= 0.6 is 15.9 Å². The summed E-state index contributed by atoms with van der Waals surface area (Å²) >= 11 is 3.56. The second-order valence-electron chi connectivity index (χ2n) is 5.17. The molecule has 0 aliphatic heterocycles. The monoisotopic (exact) mass is 324 g/mol. The van der Waals surface area contributed by atoms with Crippen molar-refractivity contribution in [1.29, 1.82) is 0 Å².